The average molecular weight is 833 g/mol. The molecule has 12 nitrogen and oxygen atoms in total. The van der Waals surface area contributed by atoms with Crippen molar-refractivity contribution in [3.63, 3.8) is 0 Å². The summed E-state index contributed by atoms with van der Waals surface area (Å²) in [6.45, 7) is 4.57. The van der Waals surface area contributed by atoms with E-state index in [1.165, 1.54) is 48.5 Å². The summed E-state index contributed by atoms with van der Waals surface area (Å²) in [5.74, 6) is -6.24. The fourth-order valence-electron chi connectivity index (χ4n) is 5.40. The van der Waals surface area contributed by atoms with Crippen LogP contribution in [0.4, 0.5) is 8.78 Å². The van der Waals surface area contributed by atoms with Gasteiger partial charge >= 0.3 is 23.9 Å². The average Bonchev–Trinajstić information content (AvgIpc) is 3.22. The Kier molecular flexibility index (Phi) is 15.4. The molecular weight excluding hydrogens is 799 g/mol. The van der Waals surface area contributed by atoms with E-state index in [0.717, 1.165) is 36.4 Å². The minimum absolute atomic E-state index is 0.136. The lowest BCUT2D eigenvalue weighted by molar-refractivity contribution is -0.148. The van der Waals surface area contributed by atoms with Gasteiger partial charge in [-0.05, 0) is 110 Å². The Morgan fingerprint density at radius 3 is 1.17 bits per heavy atom. The van der Waals surface area contributed by atoms with Crippen LogP contribution in [0.5, 0.6) is 23.0 Å². The van der Waals surface area contributed by atoms with E-state index in [9.17, 15) is 37.5 Å². The van der Waals surface area contributed by atoms with E-state index in [0.29, 0.717) is 22.6 Å². The molecule has 16 heteroatoms. The van der Waals surface area contributed by atoms with E-state index in [4.69, 9.17) is 18.9 Å². The van der Waals surface area contributed by atoms with Gasteiger partial charge in [0.1, 0.15) is 23.0 Å². The molecule has 1 aliphatic carbocycles. The van der Waals surface area contributed by atoms with E-state index in [1.807, 2.05) is 0 Å². The number of carbonyl (C=O) groups excluding carboxylic acids is 6. The zero-order valence-electron chi connectivity index (χ0n) is 30.5. The maximum Gasteiger partial charge on any atom is 0.369 e. The SMILES string of the molecule is C=C(F)C(=O)OCOc1ccc(C(=O)Oc2ccc(SC(=O)[C@H]3CCCC[C@@H]3C(=O)Sc3ccc(OC(=O)c4ccc(OCOC(=O)C(=C)F)cc4)cc3)cc2)cc1. The van der Waals surface area contributed by atoms with Crippen LogP contribution < -0.4 is 18.9 Å². The summed E-state index contributed by atoms with van der Waals surface area (Å²) >= 11 is 2.05. The summed E-state index contributed by atoms with van der Waals surface area (Å²) in [6.07, 6.45) is 2.79. The van der Waals surface area contributed by atoms with Crippen molar-refractivity contribution in [3.8, 4) is 23.0 Å². The molecule has 0 unspecified atom stereocenters. The van der Waals surface area contributed by atoms with Crippen molar-refractivity contribution in [1.29, 1.82) is 0 Å². The summed E-state index contributed by atoms with van der Waals surface area (Å²) in [5, 5.41) is -0.271. The van der Waals surface area contributed by atoms with Gasteiger partial charge in [-0.1, -0.05) is 49.5 Å². The number of hydrogen-bond acceptors (Lipinski definition) is 14. The number of hydrogen-bond donors (Lipinski definition) is 0. The summed E-state index contributed by atoms with van der Waals surface area (Å²) < 4.78 is 55.6. The first-order chi connectivity index (χ1) is 27.9. The smallest absolute Gasteiger partial charge is 0.369 e. The van der Waals surface area contributed by atoms with E-state index >= 15 is 0 Å². The second-order valence-electron chi connectivity index (χ2n) is 12.3. The molecule has 1 aliphatic rings. The summed E-state index contributed by atoms with van der Waals surface area (Å²) in [6, 6.07) is 24.4. The molecule has 300 valence electrons. The van der Waals surface area contributed by atoms with Gasteiger partial charge in [0.25, 0.3) is 0 Å². The van der Waals surface area contributed by atoms with E-state index < -0.39 is 61.0 Å². The molecule has 4 aromatic rings. The van der Waals surface area contributed by atoms with Crippen LogP contribution in [0.25, 0.3) is 0 Å². The predicted molar refractivity (Wildman–Crippen MR) is 207 cm³/mol. The van der Waals surface area contributed by atoms with Crippen LogP contribution >= 0.6 is 23.5 Å². The third-order valence-electron chi connectivity index (χ3n) is 8.33. The first kappa shape index (κ1) is 42.9. The number of rotatable bonds is 16. The topological polar surface area (TPSA) is 158 Å². The third-order valence-corrected chi connectivity index (χ3v) is 10.4. The fourth-order valence-corrected chi connectivity index (χ4v) is 7.27. The highest BCUT2D eigenvalue weighted by Crippen LogP contribution is 2.40. The molecule has 0 radical (unpaired) electrons. The maximum absolute atomic E-state index is 13.5. The molecule has 0 bridgehead atoms. The van der Waals surface area contributed by atoms with E-state index in [1.54, 1.807) is 48.5 Å². The molecule has 0 saturated heterocycles. The summed E-state index contributed by atoms with van der Waals surface area (Å²) in [5.41, 5.74) is 0.418. The van der Waals surface area contributed by atoms with Gasteiger partial charge in [-0.15, -0.1) is 0 Å². The Hall–Kier alpha value is -6.26. The van der Waals surface area contributed by atoms with Crippen molar-refractivity contribution in [1.82, 2.24) is 0 Å². The van der Waals surface area contributed by atoms with Crippen molar-refractivity contribution in [2.24, 2.45) is 11.8 Å². The number of thioether (sulfide) groups is 2. The lowest BCUT2D eigenvalue weighted by atomic mass is 9.81. The molecule has 4 aromatic carbocycles. The highest BCUT2D eigenvalue weighted by atomic mass is 32.2. The molecule has 2 atom stereocenters. The third kappa shape index (κ3) is 12.6. The number of halogens is 2. The number of ether oxygens (including phenoxy) is 6. The molecule has 0 aliphatic heterocycles. The highest BCUT2D eigenvalue weighted by molar-refractivity contribution is 8.14. The molecule has 1 saturated carbocycles. The zero-order chi connectivity index (χ0) is 41.6. The predicted octanol–water partition coefficient (Wildman–Crippen LogP) is 8.59. The number of esters is 4. The monoisotopic (exact) mass is 832 g/mol. The standard InChI is InChI=1S/C42H34F2O12S2/c1-25(43)37(45)53-23-51-29-11-7-27(8-12-29)39(47)55-31-15-19-33(20-16-31)57-41(49)35-5-3-4-6-36(35)42(50)58-34-21-17-32(18-22-34)56-40(48)28-9-13-30(14-10-28)52-24-54-38(46)26(2)44/h7-22,35-36H,1-6,23-24H2/t35-,36-/m0/s1. The van der Waals surface area contributed by atoms with Gasteiger partial charge in [0, 0.05) is 21.6 Å². The first-order valence-electron chi connectivity index (χ1n) is 17.4. The lowest BCUT2D eigenvalue weighted by Crippen LogP contribution is -2.30. The lowest BCUT2D eigenvalue weighted by Gasteiger charge is -2.28. The Balaban J connectivity index is 1.08. The second-order valence-corrected chi connectivity index (χ2v) is 14.5. The molecule has 5 rings (SSSR count). The molecular formula is C42H34F2O12S2. The van der Waals surface area contributed by atoms with Gasteiger partial charge in [-0.25, -0.2) is 19.2 Å². The zero-order valence-corrected chi connectivity index (χ0v) is 32.2. The van der Waals surface area contributed by atoms with Gasteiger partial charge in [-0.2, -0.15) is 8.78 Å². The van der Waals surface area contributed by atoms with Crippen molar-refractivity contribution in [3.05, 3.63) is 133 Å². The second kappa shape index (κ2) is 20.8. The van der Waals surface area contributed by atoms with Crippen LogP contribution in [-0.4, -0.2) is 47.7 Å². The quantitative estimate of drug-likeness (QED) is 0.0347. The molecule has 0 heterocycles. The fraction of sp³-hybridized carbons (Fsp3) is 0.190. The highest BCUT2D eigenvalue weighted by Gasteiger charge is 2.36. The van der Waals surface area contributed by atoms with E-state index in [-0.39, 0.29) is 44.4 Å². The van der Waals surface area contributed by atoms with Crippen molar-refractivity contribution in [2.75, 3.05) is 13.6 Å². The van der Waals surface area contributed by atoms with Gasteiger partial charge < -0.3 is 28.4 Å². The summed E-state index contributed by atoms with van der Waals surface area (Å²) in [7, 11) is 0. The van der Waals surface area contributed by atoms with Crippen molar-refractivity contribution < 1.29 is 66.0 Å². The van der Waals surface area contributed by atoms with Crippen LogP contribution in [0, 0.1) is 11.8 Å². The Labute approximate surface area is 339 Å². The van der Waals surface area contributed by atoms with Crippen LogP contribution in [0.15, 0.2) is 132 Å². The number of carbonyl (C=O) groups is 6. The summed E-state index contributed by atoms with van der Waals surface area (Å²) in [4.78, 5) is 75.7. The molecule has 1 fully saturated rings. The van der Waals surface area contributed by atoms with Crippen LogP contribution in [0.3, 0.4) is 0 Å². The van der Waals surface area contributed by atoms with Crippen molar-refractivity contribution >= 4 is 57.6 Å². The van der Waals surface area contributed by atoms with E-state index in [2.05, 4.69) is 22.6 Å². The van der Waals surface area contributed by atoms with Gasteiger partial charge in [0.15, 0.2) is 10.2 Å². The Morgan fingerprint density at radius 2 is 0.845 bits per heavy atom. The first-order valence-corrected chi connectivity index (χ1v) is 19.1. The number of benzene rings is 4. The molecule has 0 N–H and O–H groups in total. The Morgan fingerprint density at radius 1 is 0.517 bits per heavy atom. The van der Waals surface area contributed by atoms with Crippen molar-refractivity contribution in [2.45, 2.75) is 35.5 Å². The molecule has 0 spiro atoms. The van der Waals surface area contributed by atoms with Gasteiger partial charge in [-0.3, -0.25) is 9.59 Å². The van der Waals surface area contributed by atoms with Crippen LogP contribution in [0.2, 0.25) is 0 Å². The van der Waals surface area contributed by atoms with Gasteiger partial charge in [0.05, 0.1) is 11.1 Å². The minimum atomic E-state index is -1.25. The van der Waals surface area contributed by atoms with Crippen LogP contribution in [0.1, 0.15) is 46.4 Å². The van der Waals surface area contributed by atoms with Gasteiger partial charge in [0.2, 0.25) is 25.2 Å². The molecule has 0 aromatic heterocycles. The maximum atomic E-state index is 13.5. The Bertz CT molecular complexity index is 2000. The molecule has 58 heavy (non-hydrogen) atoms. The largest absolute Gasteiger partial charge is 0.457 e. The normalized spacial score (nSPS) is 14.6. The van der Waals surface area contributed by atoms with Crippen LogP contribution in [-0.2, 0) is 28.7 Å². The minimum Gasteiger partial charge on any atom is -0.457 e. The molecule has 0 amide bonds.